The Bertz CT molecular complexity index is 322. The summed E-state index contributed by atoms with van der Waals surface area (Å²) < 4.78 is 0. The molecule has 0 aliphatic carbocycles. The lowest BCUT2D eigenvalue weighted by Crippen LogP contribution is -2.32. The first-order valence-electron chi connectivity index (χ1n) is 5.69. The average molecular weight is 220 g/mol. The molecule has 3 heteroatoms. The zero-order valence-electron chi connectivity index (χ0n) is 9.94. The van der Waals surface area contributed by atoms with Crippen LogP contribution in [0.15, 0.2) is 30.3 Å². The number of rotatable bonds is 5. The van der Waals surface area contributed by atoms with Gasteiger partial charge in [-0.25, -0.2) is 0 Å². The van der Waals surface area contributed by atoms with Crippen molar-refractivity contribution in [2.45, 2.75) is 26.3 Å². The zero-order valence-corrected chi connectivity index (χ0v) is 9.94. The van der Waals surface area contributed by atoms with Gasteiger partial charge in [0.15, 0.2) is 0 Å². The quantitative estimate of drug-likeness (QED) is 0.795. The molecule has 3 nitrogen and oxygen atoms in total. The van der Waals surface area contributed by atoms with Crippen molar-refractivity contribution < 1.29 is 4.79 Å². The van der Waals surface area contributed by atoms with Crippen LogP contribution in [0.25, 0.3) is 0 Å². The summed E-state index contributed by atoms with van der Waals surface area (Å²) in [7, 11) is 0. The van der Waals surface area contributed by atoms with Gasteiger partial charge in [-0.3, -0.25) is 4.79 Å². The van der Waals surface area contributed by atoms with E-state index in [-0.39, 0.29) is 11.9 Å². The van der Waals surface area contributed by atoms with Crippen molar-refractivity contribution in [3.05, 3.63) is 35.9 Å². The maximum Gasteiger partial charge on any atom is 0.221 e. The second-order valence-electron chi connectivity index (χ2n) is 4.24. The molecule has 1 rings (SSSR count). The molecule has 1 aromatic rings. The van der Waals surface area contributed by atoms with Crippen molar-refractivity contribution in [1.29, 1.82) is 0 Å². The number of carbonyl (C=O) groups excluding carboxylic acids is 1. The van der Waals surface area contributed by atoms with Crippen LogP contribution in [-0.4, -0.2) is 12.5 Å². The van der Waals surface area contributed by atoms with Gasteiger partial charge in [-0.2, -0.15) is 0 Å². The topological polar surface area (TPSA) is 55.1 Å². The summed E-state index contributed by atoms with van der Waals surface area (Å²) in [6, 6.07) is 10.1. The Balaban J connectivity index is 2.73. The number of hydrogen-bond acceptors (Lipinski definition) is 2. The number of carbonyl (C=O) groups is 1. The van der Waals surface area contributed by atoms with E-state index < -0.39 is 0 Å². The van der Waals surface area contributed by atoms with Gasteiger partial charge in [0.25, 0.3) is 0 Å². The standard InChI is InChI=1S/C13H20N2O/c1-10(2)13(15-12(16)8-9-14)11-6-4-3-5-7-11/h3-7,10,13H,8-9,14H2,1-2H3,(H,15,16). The molecule has 1 unspecified atom stereocenters. The predicted molar refractivity (Wildman–Crippen MR) is 65.8 cm³/mol. The Morgan fingerprint density at radius 2 is 1.94 bits per heavy atom. The van der Waals surface area contributed by atoms with E-state index in [1.807, 2.05) is 30.3 Å². The van der Waals surface area contributed by atoms with Crippen molar-refractivity contribution in [3.63, 3.8) is 0 Å². The second kappa shape index (κ2) is 6.28. The van der Waals surface area contributed by atoms with Crippen LogP contribution >= 0.6 is 0 Å². The Kier molecular flexibility index (Phi) is 4.99. The largest absolute Gasteiger partial charge is 0.349 e. The molecule has 0 fully saturated rings. The van der Waals surface area contributed by atoms with Crippen LogP contribution in [0, 0.1) is 5.92 Å². The number of nitrogens with two attached hydrogens (primary N) is 1. The van der Waals surface area contributed by atoms with E-state index >= 15 is 0 Å². The maximum absolute atomic E-state index is 11.5. The van der Waals surface area contributed by atoms with Crippen LogP contribution in [0.1, 0.15) is 31.9 Å². The molecule has 88 valence electrons. The molecule has 1 amide bonds. The van der Waals surface area contributed by atoms with Crippen molar-refractivity contribution >= 4 is 5.91 Å². The van der Waals surface area contributed by atoms with E-state index in [4.69, 9.17) is 5.73 Å². The number of benzene rings is 1. The van der Waals surface area contributed by atoms with E-state index in [0.717, 1.165) is 5.56 Å². The Labute approximate surface area is 97.0 Å². The second-order valence-corrected chi connectivity index (χ2v) is 4.24. The van der Waals surface area contributed by atoms with E-state index in [1.165, 1.54) is 0 Å². The van der Waals surface area contributed by atoms with Gasteiger partial charge in [-0.05, 0) is 11.5 Å². The van der Waals surface area contributed by atoms with E-state index in [9.17, 15) is 4.79 Å². The van der Waals surface area contributed by atoms with Crippen LogP contribution in [-0.2, 0) is 4.79 Å². The molecule has 0 spiro atoms. The predicted octanol–water partition coefficient (Wildman–Crippen LogP) is 1.85. The van der Waals surface area contributed by atoms with Gasteiger partial charge in [0.2, 0.25) is 5.91 Å². The SMILES string of the molecule is CC(C)C(NC(=O)CCN)c1ccccc1. The molecule has 0 saturated heterocycles. The minimum atomic E-state index is 0.0186. The summed E-state index contributed by atoms with van der Waals surface area (Å²) in [6.07, 6.45) is 0.385. The minimum absolute atomic E-state index is 0.0186. The van der Waals surface area contributed by atoms with Gasteiger partial charge < -0.3 is 11.1 Å². The van der Waals surface area contributed by atoms with Crippen LogP contribution in [0.3, 0.4) is 0 Å². The van der Waals surface area contributed by atoms with Crippen LogP contribution in [0.4, 0.5) is 0 Å². The first-order valence-corrected chi connectivity index (χ1v) is 5.69. The average Bonchev–Trinajstić information content (AvgIpc) is 2.27. The fourth-order valence-corrected chi connectivity index (χ4v) is 1.67. The molecule has 1 aromatic carbocycles. The van der Waals surface area contributed by atoms with E-state index in [0.29, 0.717) is 18.9 Å². The van der Waals surface area contributed by atoms with Gasteiger partial charge in [0, 0.05) is 13.0 Å². The highest BCUT2D eigenvalue weighted by atomic mass is 16.1. The lowest BCUT2D eigenvalue weighted by molar-refractivity contribution is -0.122. The monoisotopic (exact) mass is 220 g/mol. The Morgan fingerprint density at radius 3 is 2.44 bits per heavy atom. The molecule has 0 aliphatic rings. The molecule has 0 heterocycles. The lowest BCUT2D eigenvalue weighted by atomic mass is 9.96. The van der Waals surface area contributed by atoms with Crippen LogP contribution < -0.4 is 11.1 Å². The summed E-state index contributed by atoms with van der Waals surface area (Å²) in [4.78, 5) is 11.5. The summed E-state index contributed by atoms with van der Waals surface area (Å²) in [5, 5.41) is 3.01. The molecule has 16 heavy (non-hydrogen) atoms. The molecule has 0 aromatic heterocycles. The normalized spacial score (nSPS) is 12.5. The number of hydrogen-bond donors (Lipinski definition) is 2. The first kappa shape index (κ1) is 12.7. The molecule has 0 saturated carbocycles. The Morgan fingerprint density at radius 1 is 1.31 bits per heavy atom. The van der Waals surface area contributed by atoms with Crippen molar-refractivity contribution in [2.75, 3.05) is 6.54 Å². The third kappa shape index (κ3) is 3.66. The smallest absolute Gasteiger partial charge is 0.221 e. The van der Waals surface area contributed by atoms with Crippen molar-refractivity contribution in [1.82, 2.24) is 5.32 Å². The van der Waals surface area contributed by atoms with Crippen LogP contribution in [0.5, 0.6) is 0 Å². The Hall–Kier alpha value is -1.35. The van der Waals surface area contributed by atoms with Gasteiger partial charge in [0.1, 0.15) is 0 Å². The van der Waals surface area contributed by atoms with Crippen LogP contribution in [0.2, 0.25) is 0 Å². The fourth-order valence-electron chi connectivity index (χ4n) is 1.67. The molecule has 0 aliphatic heterocycles. The third-order valence-corrected chi connectivity index (χ3v) is 2.51. The van der Waals surface area contributed by atoms with Gasteiger partial charge in [-0.15, -0.1) is 0 Å². The number of nitrogens with one attached hydrogen (secondary N) is 1. The highest BCUT2D eigenvalue weighted by Crippen LogP contribution is 2.21. The summed E-state index contributed by atoms with van der Waals surface area (Å²) in [6.45, 7) is 4.59. The number of amides is 1. The summed E-state index contributed by atoms with van der Waals surface area (Å²) in [5.41, 5.74) is 6.50. The first-order chi connectivity index (χ1) is 7.65. The van der Waals surface area contributed by atoms with Gasteiger partial charge in [0.05, 0.1) is 6.04 Å². The highest BCUT2D eigenvalue weighted by molar-refractivity contribution is 5.76. The third-order valence-electron chi connectivity index (χ3n) is 2.51. The van der Waals surface area contributed by atoms with Gasteiger partial charge in [-0.1, -0.05) is 44.2 Å². The maximum atomic E-state index is 11.5. The van der Waals surface area contributed by atoms with Gasteiger partial charge >= 0.3 is 0 Å². The minimum Gasteiger partial charge on any atom is -0.349 e. The zero-order chi connectivity index (χ0) is 12.0. The van der Waals surface area contributed by atoms with Crippen molar-refractivity contribution in [2.24, 2.45) is 11.7 Å². The molecule has 0 radical (unpaired) electrons. The lowest BCUT2D eigenvalue weighted by Gasteiger charge is -2.22. The molecular weight excluding hydrogens is 200 g/mol. The summed E-state index contributed by atoms with van der Waals surface area (Å²) in [5.74, 6) is 0.383. The molecule has 3 N–H and O–H groups in total. The van der Waals surface area contributed by atoms with E-state index in [1.54, 1.807) is 0 Å². The summed E-state index contributed by atoms with van der Waals surface area (Å²) >= 11 is 0. The fraction of sp³-hybridized carbons (Fsp3) is 0.462. The molecule has 0 bridgehead atoms. The molecular formula is C13H20N2O. The van der Waals surface area contributed by atoms with Crippen molar-refractivity contribution in [3.8, 4) is 0 Å². The van der Waals surface area contributed by atoms with E-state index in [2.05, 4.69) is 19.2 Å². The highest BCUT2D eigenvalue weighted by Gasteiger charge is 2.17. The molecule has 1 atom stereocenters.